The van der Waals surface area contributed by atoms with E-state index in [9.17, 15) is 19.8 Å². The predicted molar refractivity (Wildman–Crippen MR) is 82.4 cm³/mol. The summed E-state index contributed by atoms with van der Waals surface area (Å²) in [6, 6.07) is 4.50. The molecule has 1 aromatic carbocycles. The van der Waals surface area contributed by atoms with Crippen molar-refractivity contribution in [3.63, 3.8) is 0 Å². The number of rotatable bonds is 1. The molecule has 0 saturated heterocycles. The number of allylic oxidation sites excluding steroid dienone is 3. The van der Waals surface area contributed by atoms with Crippen molar-refractivity contribution in [1.82, 2.24) is 0 Å². The Morgan fingerprint density at radius 2 is 1.86 bits per heavy atom. The van der Waals surface area contributed by atoms with Crippen molar-refractivity contribution < 1.29 is 19.8 Å². The van der Waals surface area contributed by atoms with Crippen LogP contribution in [0.2, 0.25) is 0 Å². The molecule has 0 bridgehead atoms. The minimum atomic E-state index is -0.572. The number of hydrogen-bond acceptors (Lipinski definition) is 4. The second-order valence-electron chi connectivity index (χ2n) is 6.21. The lowest BCUT2D eigenvalue weighted by atomic mass is 9.63. The van der Waals surface area contributed by atoms with Crippen molar-refractivity contribution in [2.45, 2.75) is 32.6 Å². The fraction of sp³-hybridized carbons (Fsp3) is 0.333. The minimum absolute atomic E-state index is 0.0602. The van der Waals surface area contributed by atoms with Gasteiger partial charge in [-0.2, -0.15) is 0 Å². The third kappa shape index (κ3) is 2.34. The van der Waals surface area contributed by atoms with Gasteiger partial charge in [-0.25, -0.2) is 0 Å². The Morgan fingerprint density at radius 1 is 1.09 bits per heavy atom. The van der Waals surface area contributed by atoms with Crippen molar-refractivity contribution in [3.8, 4) is 11.5 Å². The number of benzene rings is 1. The lowest BCUT2D eigenvalue weighted by molar-refractivity contribution is -0.125. The molecule has 0 heterocycles. The molecule has 1 atom stereocenters. The molecule has 0 radical (unpaired) electrons. The second kappa shape index (κ2) is 5.13. The first-order valence-corrected chi connectivity index (χ1v) is 7.41. The van der Waals surface area contributed by atoms with Gasteiger partial charge in [0.2, 0.25) is 0 Å². The van der Waals surface area contributed by atoms with Crippen LogP contribution < -0.4 is 0 Å². The van der Waals surface area contributed by atoms with Gasteiger partial charge in [-0.15, -0.1) is 0 Å². The van der Waals surface area contributed by atoms with E-state index in [1.54, 1.807) is 18.2 Å². The Labute approximate surface area is 128 Å². The first kappa shape index (κ1) is 14.6. The van der Waals surface area contributed by atoms with Crippen LogP contribution in [0.25, 0.3) is 6.08 Å². The largest absolute Gasteiger partial charge is 0.504 e. The summed E-state index contributed by atoms with van der Waals surface area (Å²) in [4.78, 5) is 24.4. The van der Waals surface area contributed by atoms with Crippen molar-refractivity contribution in [2.24, 2.45) is 5.41 Å². The number of carbonyl (C=O) groups is 2. The van der Waals surface area contributed by atoms with Crippen LogP contribution >= 0.6 is 0 Å². The van der Waals surface area contributed by atoms with Gasteiger partial charge in [0.05, 0.1) is 5.41 Å². The monoisotopic (exact) mass is 298 g/mol. The molecule has 4 nitrogen and oxygen atoms in total. The number of fused-ring (bicyclic) bond motifs is 1. The smallest absolute Gasteiger partial charge is 0.168 e. The first-order valence-electron chi connectivity index (χ1n) is 7.41. The molecule has 2 aliphatic carbocycles. The molecule has 2 aliphatic rings. The topological polar surface area (TPSA) is 74.6 Å². The van der Waals surface area contributed by atoms with Gasteiger partial charge in [-0.3, -0.25) is 9.59 Å². The molecule has 0 amide bonds. The summed E-state index contributed by atoms with van der Waals surface area (Å²) in [5.41, 5.74) is 1.76. The maximum absolute atomic E-state index is 12.8. The van der Waals surface area contributed by atoms with E-state index < -0.39 is 5.41 Å². The van der Waals surface area contributed by atoms with E-state index in [0.717, 1.165) is 5.57 Å². The number of ketones is 2. The van der Waals surface area contributed by atoms with Crippen LogP contribution in [-0.4, -0.2) is 21.8 Å². The number of phenolic OH excluding ortho intramolecular Hbond substituents is 2. The first-order chi connectivity index (χ1) is 10.4. The van der Waals surface area contributed by atoms with E-state index in [4.69, 9.17) is 0 Å². The lowest BCUT2D eigenvalue weighted by Crippen LogP contribution is -2.38. The van der Waals surface area contributed by atoms with Gasteiger partial charge in [0.25, 0.3) is 0 Å². The van der Waals surface area contributed by atoms with Crippen molar-refractivity contribution in [2.75, 3.05) is 0 Å². The van der Waals surface area contributed by atoms with Crippen LogP contribution in [0.3, 0.4) is 0 Å². The van der Waals surface area contributed by atoms with E-state index in [2.05, 4.69) is 0 Å². The average Bonchev–Trinajstić information content (AvgIpc) is 2.48. The molecule has 1 aromatic rings. The highest BCUT2D eigenvalue weighted by atomic mass is 16.3. The summed E-state index contributed by atoms with van der Waals surface area (Å²) < 4.78 is 0. The summed E-state index contributed by atoms with van der Waals surface area (Å²) in [5, 5.41) is 18.9. The molecule has 1 saturated carbocycles. The van der Waals surface area contributed by atoms with Gasteiger partial charge in [-0.1, -0.05) is 11.6 Å². The number of hydrogen-bond donors (Lipinski definition) is 2. The van der Waals surface area contributed by atoms with Crippen LogP contribution in [0.5, 0.6) is 11.5 Å². The zero-order valence-corrected chi connectivity index (χ0v) is 12.4. The zero-order chi connectivity index (χ0) is 15.9. The zero-order valence-electron chi connectivity index (χ0n) is 12.4. The molecule has 0 spiro atoms. The molecule has 3 rings (SSSR count). The third-order valence-electron chi connectivity index (χ3n) is 4.71. The van der Waals surface area contributed by atoms with E-state index in [1.165, 1.54) is 12.1 Å². The van der Waals surface area contributed by atoms with Gasteiger partial charge >= 0.3 is 0 Å². The molecule has 1 unspecified atom stereocenters. The Bertz CT molecular complexity index is 727. The Kier molecular flexibility index (Phi) is 3.39. The molecule has 114 valence electrons. The quantitative estimate of drug-likeness (QED) is 0.617. The summed E-state index contributed by atoms with van der Waals surface area (Å²) in [6.07, 6.45) is 5.69. The van der Waals surface area contributed by atoms with E-state index in [-0.39, 0.29) is 23.1 Å². The molecule has 1 fully saturated rings. The van der Waals surface area contributed by atoms with Crippen molar-refractivity contribution in [3.05, 3.63) is 41.0 Å². The number of aromatic hydroxyl groups is 2. The van der Waals surface area contributed by atoms with Crippen LogP contribution in [0, 0.1) is 5.41 Å². The fourth-order valence-electron chi connectivity index (χ4n) is 3.27. The normalized spacial score (nSPS) is 26.8. The molecule has 0 aromatic heterocycles. The van der Waals surface area contributed by atoms with Crippen LogP contribution in [0.4, 0.5) is 0 Å². The molecule has 0 aliphatic heterocycles. The third-order valence-corrected chi connectivity index (χ3v) is 4.71. The summed E-state index contributed by atoms with van der Waals surface area (Å²) in [7, 11) is 0. The Balaban J connectivity index is 1.95. The highest BCUT2D eigenvalue weighted by Gasteiger charge is 2.43. The van der Waals surface area contributed by atoms with Crippen LogP contribution in [-0.2, 0) is 9.59 Å². The number of Topliss-reactive ketones (excluding diaryl/α,β-unsaturated/α-hetero) is 1. The van der Waals surface area contributed by atoms with Gasteiger partial charge in [0.1, 0.15) is 0 Å². The van der Waals surface area contributed by atoms with Crippen LogP contribution in [0.15, 0.2) is 35.4 Å². The Morgan fingerprint density at radius 3 is 2.59 bits per heavy atom. The highest BCUT2D eigenvalue weighted by Crippen LogP contribution is 2.46. The molecule has 2 N–H and O–H groups in total. The summed E-state index contributed by atoms with van der Waals surface area (Å²) in [5.74, 6) is -0.214. The number of carbonyl (C=O) groups excluding carboxylic acids is 2. The van der Waals surface area contributed by atoms with Gasteiger partial charge in [-0.05, 0) is 61.6 Å². The SMILES string of the molecule is CC12CCC(=O)C=C1CC/C(=C/c1ccc(O)c(O)c1)C2=O. The van der Waals surface area contributed by atoms with Gasteiger partial charge in [0.15, 0.2) is 23.1 Å². The van der Waals surface area contributed by atoms with E-state index in [0.29, 0.717) is 36.8 Å². The van der Waals surface area contributed by atoms with Crippen molar-refractivity contribution in [1.29, 1.82) is 0 Å². The summed E-state index contributed by atoms with van der Waals surface area (Å²) in [6.45, 7) is 1.91. The molecular weight excluding hydrogens is 280 g/mol. The maximum Gasteiger partial charge on any atom is 0.168 e. The van der Waals surface area contributed by atoms with Gasteiger partial charge < -0.3 is 10.2 Å². The maximum atomic E-state index is 12.8. The predicted octanol–water partition coefficient (Wildman–Crippen LogP) is 3.14. The van der Waals surface area contributed by atoms with Crippen molar-refractivity contribution >= 4 is 17.6 Å². The van der Waals surface area contributed by atoms with E-state index >= 15 is 0 Å². The Hall–Kier alpha value is -2.36. The highest BCUT2D eigenvalue weighted by molar-refractivity contribution is 6.08. The van der Waals surface area contributed by atoms with Crippen LogP contribution in [0.1, 0.15) is 38.2 Å². The lowest BCUT2D eigenvalue weighted by Gasteiger charge is -2.38. The molecule has 22 heavy (non-hydrogen) atoms. The average molecular weight is 298 g/mol. The fourth-order valence-corrected chi connectivity index (χ4v) is 3.27. The van der Waals surface area contributed by atoms with Gasteiger partial charge in [0, 0.05) is 6.42 Å². The van der Waals surface area contributed by atoms with E-state index in [1.807, 2.05) is 6.92 Å². The number of phenols is 2. The molecular formula is C18H18O4. The second-order valence-corrected chi connectivity index (χ2v) is 6.21. The minimum Gasteiger partial charge on any atom is -0.504 e. The standard InChI is InChI=1S/C18H18O4/c1-18-7-6-14(19)10-13(18)4-3-12(17(18)22)8-11-2-5-15(20)16(21)9-11/h2,5,8-10,20-21H,3-4,6-7H2,1H3/b12-8-. The molecule has 4 heteroatoms. The summed E-state index contributed by atoms with van der Waals surface area (Å²) >= 11 is 0.